The molecular weight excluding hydrogens is 301 g/mol. The molecule has 1 aromatic rings. The summed E-state index contributed by atoms with van der Waals surface area (Å²) in [6.07, 6.45) is -0.234. The summed E-state index contributed by atoms with van der Waals surface area (Å²) >= 11 is 0. The van der Waals surface area contributed by atoms with E-state index in [4.69, 9.17) is 5.11 Å². The molecule has 7 heteroatoms. The zero-order valence-corrected chi connectivity index (χ0v) is 13.5. The number of likely N-dealkylation sites (tertiary alicyclic amines) is 1. The van der Waals surface area contributed by atoms with Gasteiger partial charge in [-0.2, -0.15) is 0 Å². The van der Waals surface area contributed by atoms with E-state index in [9.17, 15) is 14.3 Å². The molecule has 0 aliphatic carbocycles. The van der Waals surface area contributed by atoms with Crippen molar-refractivity contribution in [3.05, 3.63) is 29.3 Å². The van der Waals surface area contributed by atoms with E-state index in [1.165, 1.54) is 11.0 Å². The predicted molar refractivity (Wildman–Crippen MR) is 83.7 cm³/mol. The van der Waals surface area contributed by atoms with Crippen LogP contribution >= 0.6 is 0 Å². The minimum absolute atomic E-state index is 0.00388. The van der Waals surface area contributed by atoms with Crippen LogP contribution in [0, 0.1) is 11.7 Å². The first-order chi connectivity index (χ1) is 10.9. The molecule has 23 heavy (non-hydrogen) atoms. The van der Waals surface area contributed by atoms with E-state index in [1.54, 1.807) is 6.07 Å². The molecule has 1 saturated heterocycles. The SMILES string of the molecule is CC(C)[C@H](CO)NCc1nc(C2CCN(C(=O)O)C2)ccc1F. The van der Waals surface area contributed by atoms with E-state index in [-0.39, 0.29) is 31.0 Å². The molecule has 2 rings (SSSR count). The Morgan fingerprint density at radius 2 is 2.26 bits per heavy atom. The van der Waals surface area contributed by atoms with Gasteiger partial charge in [0.25, 0.3) is 0 Å². The van der Waals surface area contributed by atoms with Gasteiger partial charge in [0.05, 0.1) is 12.3 Å². The van der Waals surface area contributed by atoms with Crippen molar-refractivity contribution in [2.75, 3.05) is 19.7 Å². The van der Waals surface area contributed by atoms with Crippen LogP contribution in [-0.4, -0.2) is 51.9 Å². The number of pyridine rings is 1. The van der Waals surface area contributed by atoms with Crippen LogP contribution in [0.1, 0.15) is 37.6 Å². The lowest BCUT2D eigenvalue weighted by Crippen LogP contribution is -2.37. The largest absolute Gasteiger partial charge is 0.465 e. The second-order valence-corrected chi connectivity index (χ2v) is 6.29. The molecule has 0 radical (unpaired) electrons. The summed E-state index contributed by atoms with van der Waals surface area (Å²) < 4.78 is 13.9. The minimum Gasteiger partial charge on any atom is -0.465 e. The molecule has 1 amide bonds. The Morgan fingerprint density at radius 3 is 2.83 bits per heavy atom. The van der Waals surface area contributed by atoms with Gasteiger partial charge in [-0.25, -0.2) is 9.18 Å². The molecule has 1 aromatic heterocycles. The zero-order chi connectivity index (χ0) is 17.0. The van der Waals surface area contributed by atoms with Crippen LogP contribution < -0.4 is 5.32 Å². The highest BCUT2D eigenvalue weighted by molar-refractivity contribution is 5.65. The Kier molecular flexibility index (Phi) is 5.90. The maximum absolute atomic E-state index is 13.9. The van der Waals surface area contributed by atoms with Gasteiger partial charge in [0.1, 0.15) is 5.82 Å². The normalized spacial score (nSPS) is 19.3. The third kappa shape index (κ3) is 4.39. The summed E-state index contributed by atoms with van der Waals surface area (Å²) in [6, 6.07) is 2.89. The third-order valence-electron chi connectivity index (χ3n) is 4.35. The van der Waals surface area contributed by atoms with Gasteiger partial charge < -0.3 is 20.4 Å². The Balaban J connectivity index is 2.06. The number of carbonyl (C=O) groups is 1. The van der Waals surface area contributed by atoms with Crippen molar-refractivity contribution >= 4 is 6.09 Å². The lowest BCUT2D eigenvalue weighted by Gasteiger charge is -2.20. The first-order valence-electron chi connectivity index (χ1n) is 7.89. The highest BCUT2D eigenvalue weighted by Gasteiger charge is 2.28. The highest BCUT2D eigenvalue weighted by atomic mass is 19.1. The van der Waals surface area contributed by atoms with E-state index in [1.807, 2.05) is 13.8 Å². The van der Waals surface area contributed by atoms with Crippen molar-refractivity contribution in [3.8, 4) is 0 Å². The molecule has 3 N–H and O–H groups in total. The molecule has 1 aliphatic rings. The molecular formula is C16H24FN3O3. The van der Waals surface area contributed by atoms with Crippen molar-refractivity contribution < 1.29 is 19.4 Å². The van der Waals surface area contributed by atoms with E-state index >= 15 is 0 Å². The fourth-order valence-electron chi connectivity index (χ4n) is 2.77. The number of amides is 1. The third-order valence-corrected chi connectivity index (χ3v) is 4.35. The maximum atomic E-state index is 13.9. The zero-order valence-electron chi connectivity index (χ0n) is 13.5. The first kappa shape index (κ1) is 17.6. The average molecular weight is 325 g/mol. The number of nitrogens with zero attached hydrogens (tertiary/aromatic N) is 2. The van der Waals surface area contributed by atoms with Gasteiger partial charge >= 0.3 is 6.09 Å². The van der Waals surface area contributed by atoms with E-state index in [2.05, 4.69) is 10.3 Å². The van der Waals surface area contributed by atoms with Crippen molar-refractivity contribution in [2.45, 2.75) is 38.8 Å². The number of hydrogen-bond acceptors (Lipinski definition) is 4. The standard InChI is InChI=1S/C16H24FN3O3/c1-10(2)15(9-21)18-7-14-12(17)3-4-13(19-14)11-5-6-20(8-11)16(22)23/h3-4,10-11,15,18,21H,5-9H2,1-2H3,(H,22,23)/t11?,15-/m0/s1. The Morgan fingerprint density at radius 1 is 1.52 bits per heavy atom. The molecule has 1 fully saturated rings. The Bertz CT molecular complexity index is 553. The van der Waals surface area contributed by atoms with E-state index in [0.29, 0.717) is 25.2 Å². The molecule has 0 spiro atoms. The van der Waals surface area contributed by atoms with Gasteiger partial charge in [0, 0.05) is 37.3 Å². The highest BCUT2D eigenvalue weighted by Crippen LogP contribution is 2.26. The fraction of sp³-hybridized carbons (Fsp3) is 0.625. The fourth-order valence-corrected chi connectivity index (χ4v) is 2.77. The van der Waals surface area contributed by atoms with Crippen LogP contribution in [0.25, 0.3) is 0 Å². The Labute approximate surface area is 135 Å². The van der Waals surface area contributed by atoms with Crippen LogP contribution in [0.3, 0.4) is 0 Å². The summed E-state index contributed by atoms with van der Waals surface area (Å²) in [5.41, 5.74) is 1.02. The molecule has 1 aliphatic heterocycles. The molecule has 1 unspecified atom stereocenters. The molecule has 128 valence electrons. The summed E-state index contributed by atoms with van der Waals surface area (Å²) in [5.74, 6) is -0.163. The number of nitrogens with one attached hydrogen (secondary N) is 1. The van der Waals surface area contributed by atoms with Gasteiger partial charge in [-0.1, -0.05) is 13.8 Å². The molecule has 2 heterocycles. The summed E-state index contributed by atoms with van der Waals surface area (Å²) in [7, 11) is 0. The summed E-state index contributed by atoms with van der Waals surface area (Å²) in [4.78, 5) is 16.7. The quantitative estimate of drug-likeness (QED) is 0.742. The van der Waals surface area contributed by atoms with Crippen LogP contribution in [0.2, 0.25) is 0 Å². The lowest BCUT2D eigenvalue weighted by atomic mass is 10.0. The first-order valence-corrected chi connectivity index (χ1v) is 7.89. The van der Waals surface area contributed by atoms with E-state index < -0.39 is 11.9 Å². The number of hydrogen-bond donors (Lipinski definition) is 3. The van der Waals surface area contributed by atoms with Crippen LogP contribution in [0.15, 0.2) is 12.1 Å². The number of rotatable bonds is 6. The van der Waals surface area contributed by atoms with Crippen LogP contribution in [-0.2, 0) is 6.54 Å². The van der Waals surface area contributed by atoms with Crippen molar-refractivity contribution in [1.82, 2.24) is 15.2 Å². The number of halogens is 1. The molecule has 0 bridgehead atoms. The monoisotopic (exact) mass is 325 g/mol. The maximum Gasteiger partial charge on any atom is 0.407 e. The molecule has 6 nitrogen and oxygen atoms in total. The second kappa shape index (κ2) is 7.70. The predicted octanol–water partition coefficient (Wildman–Crippen LogP) is 1.79. The summed E-state index contributed by atoms with van der Waals surface area (Å²) in [6.45, 7) is 5.05. The summed E-state index contributed by atoms with van der Waals surface area (Å²) in [5, 5.41) is 21.4. The number of aliphatic hydroxyl groups excluding tert-OH is 1. The van der Waals surface area contributed by atoms with Gasteiger partial charge in [-0.05, 0) is 24.5 Å². The van der Waals surface area contributed by atoms with Gasteiger partial charge in [-0.3, -0.25) is 4.98 Å². The van der Waals surface area contributed by atoms with Gasteiger partial charge in [0.15, 0.2) is 0 Å². The Hall–Kier alpha value is -1.73. The number of aliphatic hydroxyl groups is 1. The van der Waals surface area contributed by atoms with Crippen LogP contribution in [0.5, 0.6) is 0 Å². The van der Waals surface area contributed by atoms with Crippen molar-refractivity contribution in [3.63, 3.8) is 0 Å². The molecule has 0 saturated carbocycles. The average Bonchev–Trinajstić information content (AvgIpc) is 2.99. The van der Waals surface area contributed by atoms with E-state index in [0.717, 1.165) is 5.69 Å². The van der Waals surface area contributed by atoms with Crippen LogP contribution in [0.4, 0.5) is 9.18 Å². The number of carboxylic acid groups (broad SMARTS) is 1. The van der Waals surface area contributed by atoms with Gasteiger partial charge in [-0.15, -0.1) is 0 Å². The smallest absolute Gasteiger partial charge is 0.407 e. The number of aromatic nitrogens is 1. The van der Waals surface area contributed by atoms with Crippen molar-refractivity contribution in [1.29, 1.82) is 0 Å². The topological polar surface area (TPSA) is 85.7 Å². The second-order valence-electron chi connectivity index (χ2n) is 6.29. The molecule has 0 aromatic carbocycles. The lowest BCUT2D eigenvalue weighted by molar-refractivity contribution is 0.155. The van der Waals surface area contributed by atoms with Gasteiger partial charge in [0.2, 0.25) is 0 Å². The molecule has 2 atom stereocenters. The minimum atomic E-state index is -0.931. The van der Waals surface area contributed by atoms with Crippen molar-refractivity contribution in [2.24, 2.45) is 5.92 Å².